The van der Waals surface area contributed by atoms with Gasteiger partial charge < -0.3 is 14.7 Å². The number of rotatable bonds is 7. The Kier molecular flexibility index (Phi) is 6.25. The molecule has 34 heavy (non-hydrogen) atoms. The zero-order chi connectivity index (χ0) is 23.3. The number of aryl methyl sites for hydroxylation is 1. The van der Waals surface area contributed by atoms with Crippen LogP contribution in [0.2, 0.25) is 0 Å². The van der Waals surface area contributed by atoms with Crippen LogP contribution < -0.4 is 9.64 Å². The number of fused-ring (bicyclic) bond motifs is 1. The first-order chi connectivity index (χ1) is 16.7. The molecule has 4 aromatic rings. The van der Waals surface area contributed by atoms with Crippen molar-refractivity contribution in [3.63, 3.8) is 0 Å². The molecule has 1 N–H and O–H groups in total. The third-order valence-corrected chi connectivity index (χ3v) is 6.02. The maximum atomic E-state index is 10.8. The normalized spacial score (nSPS) is 12.8. The van der Waals surface area contributed by atoms with Crippen LogP contribution in [0, 0.1) is 0 Å². The lowest BCUT2D eigenvalue weighted by molar-refractivity contribution is -0.139. The van der Waals surface area contributed by atoms with Crippen molar-refractivity contribution < 1.29 is 14.6 Å². The van der Waals surface area contributed by atoms with E-state index in [1.165, 1.54) is 5.56 Å². The van der Waals surface area contributed by atoms with Crippen molar-refractivity contribution in [1.82, 2.24) is 4.98 Å². The van der Waals surface area contributed by atoms with E-state index >= 15 is 0 Å². The second kappa shape index (κ2) is 9.79. The summed E-state index contributed by atoms with van der Waals surface area (Å²) in [7, 11) is 0. The maximum absolute atomic E-state index is 10.8. The third kappa shape index (κ3) is 4.79. The summed E-state index contributed by atoms with van der Waals surface area (Å²) in [5, 5.41) is 8.90. The van der Waals surface area contributed by atoms with Crippen molar-refractivity contribution in [2.24, 2.45) is 0 Å². The van der Waals surface area contributed by atoms with Crippen molar-refractivity contribution in [1.29, 1.82) is 0 Å². The van der Waals surface area contributed by atoms with Crippen LogP contribution in [-0.2, 0) is 17.8 Å². The fraction of sp³-hybridized carbons (Fsp3) is 0.172. The van der Waals surface area contributed by atoms with E-state index in [-0.39, 0.29) is 6.61 Å². The highest BCUT2D eigenvalue weighted by Gasteiger charge is 2.22. The van der Waals surface area contributed by atoms with E-state index in [1.807, 2.05) is 42.5 Å². The molecule has 5 rings (SSSR count). The van der Waals surface area contributed by atoms with Crippen LogP contribution in [0.5, 0.6) is 5.75 Å². The lowest BCUT2D eigenvalue weighted by atomic mass is 9.94. The molecule has 0 fully saturated rings. The number of carbonyl (C=O) groups is 1. The number of carboxylic acid groups (broad SMARTS) is 1. The van der Waals surface area contributed by atoms with Gasteiger partial charge in [0, 0.05) is 24.2 Å². The molecule has 1 aliphatic rings. The highest BCUT2D eigenvalue weighted by Crippen LogP contribution is 2.37. The summed E-state index contributed by atoms with van der Waals surface area (Å²) in [4.78, 5) is 18.4. The van der Waals surface area contributed by atoms with Gasteiger partial charge >= 0.3 is 5.97 Å². The first-order valence-corrected chi connectivity index (χ1v) is 11.5. The van der Waals surface area contributed by atoms with Gasteiger partial charge in [0.15, 0.2) is 6.61 Å². The fourth-order valence-electron chi connectivity index (χ4n) is 4.48. The second-order valence-corrected chi connectivity index (χ2v) is 8.45. The average molecular weight is 451 g/mol. The summed E-state index contributed by atoms with van der Waals surface area (Å²) >= 11 is 0. The molecule has 0 radical (unpaired) electrons. The molecule has 0 bridgehead atoms. The number of ether oxygens (including phenoxy) is 1. The summed E-state index contributed by atoms with van der Waals surface area (Å²) in [6.07, 6.45) is 2.05. The predicted molar refractivity (Wildman–Crippen MR) is 134 cm³/mol. The van der Waals surface area contributed by atoms with Crippen molar-refractivity contribution in [2.75, 3.05) is 18.1 Å². The van der Waals surface area contributed by atoms with Gasteiger partial charge in [0.2, 0.25) is 0 Å². The molecule has 0 spiro atoms. The lowest BCUT2D eigenvalue weighted by Crippen LogP contribution is -2.30. The minimum absolute atomic E-state index is 0.347. The number of benzene rings is 3. The number of pyridine rings is 1. The van der Waals surface area contributed by atoms with Crippen LogP contribution in [0.25, 0.3) is 22.4 Å². The lowest BCUT2D eigenvalue weighted by Gasteiger charge is -2.31. The summed E-state index contributed by atoms with van der Waals surface area (Å²) in [6, 6.07) is 30.7. The third-order valence-electron chi connectivity index (χ3n) is 6.02. The SMILES string of the molecule is O=C(O)COc1cccc(CN2CCCc3cc(-c4ccccc4)c(-c4ccccc4)nc32)c1. The van der Waals surface area contributed by atoms with Gasteiger partial charge in [-0.1, -0.05) is 72.8 Å². The fourth-order valence-corrected chi connectivity index (χ4v) is 4.48. The minimum Gasteiger partial charge on any atom is -0.482 e. The maximum Gasteiger partial charge on any atom is 0.341 e. The smallest absolute Gasteiger partial charge is 0.341 e. The van der Waals surface area contributed by atoms with E-state index < -0.39 is 5.97 Å². The number of nitrogens with zero attached hydrogens (tertiary/aromatic N) is 2. The van der Waals surface area contributed by atoms with E-state index in [4.69, 9.17) is 14.8 Å². The molecule has 5 nitrogen and oxygen atoms in total. The van der Waals surface area contributed by atoms with Gasteiger partial charge in [-0.25, -0.2) is 9.78 Å². The van der Waals surface area contributed by atoms with Crippen molar-refractivity contribution in [3.05, 3.63) is 102 Å². The number of hydrogen-bond acceptors (Lipinski definition) is 4. The Morgan fingerprint density at radius 1 is 0.912 bits per heavy atom. The highest BCUT2D eigenvalue weighted by molar-refractivity contribution is 5.83. The first kappa shape index (κ1) is 21.7. The van der Waals surface area contributed by atoms with Crippen molar-refractivity contribution in [3.8, 4) is 28.1 Å². The first-order valence-electron chi connectivity index (χ1n) is 11.5. The Hall–Kier alpha value is -4.12. The molecule has 1 aliphatic heterocycles. The monoisotopic (exact) mass is 450 g/mol. The quantitative estimate of drug-likeness (QED) is 0.384. The number of aromatic nitrogens is 1. The molecule has 0 saturated heterocycles. The van der Waals surface area contributed by atoms with Crippen LogP contribution in [0.4, 0.5) is 5.82 Å². The number of anilines is 1. The van der Waals surface area contributed by atoms with Gasteiger partial charge in [0.1, 0.15) is 11.6 Å². The molecule has 0 aliphatic carbocycles. The molecule has 2 heterocycles. The molecule has 0 saturated carbocycles. The summed E-state index contributed by atoms with van der Waals surface area (Å²) < 4.78 is 5.37. The largest absolute Gasteiger partial charge is 0.482 e. The van der Waals surface area contributed by atoms with Crippen LogP contribution in [-0.4, -0.2) is 29.2 Å². The Morgan fingerprint density at radius 3 is 2.38 bits per heavy atom. The summed E-state index contributed by atoms with van der Waals surface area (Å²) in [5.41, 5.74) is 6.71. The Labute approximate surface area is 199 Å². The highest BCUT2D eigenvalue weighted by atomic mass is 16.5. The van der Waals surface area contributed by atoms with Crippen molar-refractivity contribution in [2.45, 2.75) is 19.4 Å². The Morgan fingerprint density at radius 2 is 1.65 bits per heavy atom. The summed E-state index contributed by atoms with van der Waals surface area (Å²) in [6.45, 7) is 1.25. The second-order valence-electron chi connectivity index (χ2n) is 8.45. The molecule has 5 heteroatoms. The molecule has 0 atom stereocenters. The molecule has 1 aromatic heterocycles. The Balaban J connectivity index is 1.52. The Bertz CT molecular complexity index is 1290. The van der Waals surface area contributed by atoms with Crippen molar-refractivity contribution >= 4 is 11.8 Å². The zero-order valence-corrected chi connectivity index (χ0v) is 18.9. The summed E-state index contributed by atoms with van der Waals surface area (Å²) in [5.74, 6) is 0.596. The van der Waals surface area contributed by atoms with Crippen LogP contribution >= 0.6 is 0 Å². The molecule has 3 aromatic carbocycles. The van der Waals surface area contributed by atoms with Crippen LogP contribution in [0.3, 0.4) is 0 Å². The minimum atomic E-state index is -0.984. The van der Waals surface area contributed by atoms with E-state index in [0.29, 0.717) is 12.3 Å². The van der Waals surface area contributed by atoms with Crippen LogP contribution in [0.1, 0.15) is 17.5 Å². The number of carboxylic acids is 1. The van der Waals surface area contributed by atoms with E-state index in [0.717, 1.165) is 53.2 Å². The molecular formula is C29H26N2O3. The topological polar surface area (TPSA) is 62.7 Å². The van der Waals surface area contributed by atoms with Crippen LogP contribution in [0.15, 0.2) is 91.0 Å². The zero-order valence-electron chi connectivity index (χ0n) is 18.9. The van der Waals surface area contributed by atoms with Gasteiger partial charge in [0.05, 0.1) is 5.69 Å². The van der Waals surface area contributed by atoms with Gasteiger partial charge in [0.25, 0.3) is 0 Å². The predicted octanol–water partition coefficient (Wildman–Crippen LogP) is 5.83. The van der Waals surface area contributed by atoms with Gasteiger partial charge in [-0.15, -0.1) is 0 Å². The number of hydrogen-bond donors (Lipinski definition) is 1. The van der Waals surface area contributed by atoms with E-state index in [1.54, 1.807) is 6.07 Å². The van der Waals surface area contributed by atoms with Gasteiger partial charge in [-0.3, -0.25) is 0 Å². The number of aliphatic carboxylic acids is 1. The molecule has 0 amide bonds. The molecule has 0 unspecified atom stereocenters. The molecule has 170 valence electrons. The van der Waals surface area contributed by atoms with E-state index in [9.17, 15) is 4.79 Å². The van der Waals surface area contributed by atoms with E-state index in [2.05, 4.69) is 47.4 Å². The van der Waals surface area contributed by atoms with Gasteiger partial charge in [-0.2, -0.15) is 0 Å². The average Bonchev–Trinajstić information content (AvgIpc) is 2.88. The standard InChI is InChI=1S/C29H26N2O3/c32-27(33)20-34-25-15-7-9-21(17-25)19-31-16-8-14-24-18-26(22-10-3-1-4-11-22)28(30-29(24)31)23-12-5-2-6-13-23/h1-7,9-13,15,17-18H,8,14,16,19-20H2,(H,32,33). The van der Waals surface area contributed by atoms with Gasteiger partial charge in [-0.05, 0) is 47.7 Å². The molecular weight excluding hydrogens is 424 g/mol.